The van der Waals surface area contributed by atoms with Gasteiger partial charge in [0.15, 0.2) is 11.5 Å². The Morgan fingerprint density at radius 1 is 1.00 bits per heavy atom. The van der Waals surface area contributed by atoms with Crippen LogP contribution in [0.5, 0.6) is 17.2 Å². The number of nitrogens with zero attached hydrogens (tertiary/aromatic N) is 1. The van der Waals surface area contributed by atoms with Crippen LogP contribution in [-0.4, -0.2) is 51.8 Å². The molecule has 152 valence electrons. The minimum absolute atomic E-state index is 0.0330. The number of hydrogen-bond acceptors (Lipinski definition) is 5. The van der Waals surface area contributed by atoms with Gasteiger partial charge in [-0.25, -0.2) is 0 Å². The van der Waals surface area contributed by atoms with E-state index in [9.17, 15) is 4.79 Å². The third kappa shape index (κ3) is 4.95. The second-order valence-corrected chi connectivity index (χ2v) is 6.26. The Hall–Kier alpha value is -2.73. The van der Waals surface area contributed by atoms with E-state index in [2.05, 4.69) is 30.1 Å². The van der Waals surface area contributed by atoms with Crippen LogP contribution < -0.4 is 19.5 Å². The summed E-state index contributed by atoms with van der Waals surface area (Å²) in [7, 11) is 4.74. The van der Waals surface area contributed by atoms with Gasteiger partial charge in [-0.3, -0.25) is 9.69 Å². The minimum Gasteiger partial charge on any atom is -0.497 e. The zero-order valence-electron chi connectivity index (χ0n) is 17.3. The number of hydrogen-bond donors (Lipinski definition) is 1. The molecule has 0 heterocycles. The maximum absolute atomic E-state index is 12.9. The molecule has 0 aliphatic rings. The van der Waals surface area contributed by atoms with Crippen molar-refractivity contribution in [1.82, 2.24) is 10.2 Å². The lowest BCUT2D eigenvalue weighted by atomic mass is 10.0. The molecule has 1 atom stereocenters. The smallest absolute Gasteiger partial charge is 0.255 e. The van der Waals surface area contributed by atoms with E-state index in [0.717, 1.165) is 24.4 Å². The van der Waals surface area contributed by atoms with E-state index in [1.165, 1.54) is 7.11 Å². The van der Waals surface area contributed by atoms with E-state index in [1.54, 1.807) is 32.4 Å². The fourth-order valence-corrected chi connectivity index (χ4v) is 3.32. The van der Waals surface area contributed by atoms with Gasteiger partial charge in [0.2, 0.25) is 0 Å². The number of amides is 1. The Labute approximate surface area is 167 Å². The average molecular weight is 386 g/mol. The minimum atomic E-state index is -0.198. The molecule has 1 amide bonds. The monoisotopic (exact) mass is 386 g/mol. The summed E-state index contributed by atoms with van der Waals surface area (Å²) in [5.74, 6) is 1.57. The third-order valence-electron chi connectivity index (χ3n) is 4.84. The Morgan fingerprint density at radius 2 is 1.71 bits per heavy atom. The Morgan fingerprint density at radius 3 is 2.32 bits per heavy atom. The van der Waals surface area contributed by atoms with Crippen molar-refractivity contribution in [1.29, 1.82) is 0 Å². The molecular formula is C22H30N2O4. The molecule has 0 saturated heterocycles. The predicted octanol–water partition coefficient (Wildman–Crippen LogP) is 3.53. The zero-order chi connectivity index (χ0) is 20.5. The maximum Gasteiger partial charge on any atom is 0.255 e. The van der Waals surface area contributed by atoms with Gasteiger partial charge in [-0.05, 0) is 42.9 Å². The van der Waals surface area contributed by atoms with E-state index in [-0.39, 0.29) is 11.9 Å². The van der Waals surface area contributed by atoms with Crippen molar-refractivity contribution in [3.8, 4) is 17.2 Å². The van der Waals surface area contributed by atoms with Crippen LogP contribution in [0.25, 0.3) is 0 Å². The first-order valence-electron chi connectivity index (χ1n) is 9.46. The van der Waals surface area contributed by atoms with E-state index in [4.69, 9.17) is 14.2 Å². The molecule has 1 N–H and O–H groups in total. The summed E-state index contributed by atoms with van der Waals surface area (Å²) < 4.78 is 16.0. The number of carbonyl (C=O) groups is 1. The van der Waals surface area contributed by atoms with Gasteiger partial charge in [-0.15, -0.1) is 0 Å². The number of benzene rings is 2. The molecule has 2 aromatic rings. The number of nitrogens with one attached hydrogen (secondary N) is 1. The second-order valence-electron chi connectivity index (χ2n) is 6.26. The fraction of sp³-hybridized carbons (Fsp3) is 0.409. The average Bonchev–Trinajstić information content (AvgIpc) is 2.75. The number of rotatable bonds is 10. The highest BCUT2D eigenvalue weighted by molar-refractivity contribution is 5.97. The number of carbonyl (C=O) groups excluding carboxylic acids is 1. The lowest BCUT2D eigenvalue weighted by Gasteiger charge is -2.30. The van der Waals surface area contributed by atoms with E-state index >= 15 is 0 Å². The first-order valence-corrected chi connectivity index (χ1v) is 9.46. The topological polar surface area (TPSA) is 60.0 Å². The fourth-order valence-electron chi connectivity index (χ4n) is 3.32. The first kappa shape index (κ1) is 21.6. The van der Waals surface area contributed by atoms with Crippen LogP contribution >= 0.6 is 0 Å². The molecule has 0 radical (unpaired) electrons. The van der Waals surface area contributed by atoms with Gasteiger partial charge in [-0.2, -0.15) is 0 Å². The number of para-hydroxylation sites is 1. The lowest BCUT2D eigenvalue weighted by Crippen LogP contribution is -2.38. The van der Waals surface area contributed by atoms with Crippen molar-refractivity contribution in [2.24, 2.45) is 0 Å². The highest BCUT2D eigenvalue weighted by atomic mass is 16.5. The standard InChI is InChI=1S/C22H30N2O4/c1-6-24(7-2)19(16-10-8-11-17(14-16)26-3)15-23-22(25)18-12-9-13-20(27-4)21(18)28-5/h8-14,19H,6-7,15H2,1-5H3,(H,23,25). The summed E-state index contributed by atoms with van der Waals surface area (Å²) in [6.07, 6.45) is 0. The van der Waals surface area contributed by atoms with Crippen molar-refractivity contribution in [3.05, 3.63) is 53.6 Å². The Kier molecular flexibility index (Phi) is 8.14. The van der Waals surface area contributed by atoms with Gasteiger partial charge >= 0.3 is 0 Å². The molecular weight excluding hydrogens is 356 g/mol. The number of likely N-dealkylation sites (N-methyl/N-ethyl adjacent to an activating group) is 1. The summed E-state index contributed by atoms with van der Waals surface area (Å²) in [6.45, 7) is 6.44. The lowest BCUT2D eigenvalue weighted by molar-refractivity contribution is 0.0931. The molecule has 0 bridgehead atoms. The van der Waals surface area contributed by atoms with E-state index < -0.39 is 0 Å². The predicted molar refractivity (Wildman–Crippen MR) is 111 cm³/mol. The molecule has 28 heavy (non-hydrogen) atoms. The van der Waals surface area contributed by atoms with Crippen LogP contribution in [0.15, 0.2) is 42.5 Å². The van der Waals surface area contributed by atoms with Crippen LogP contribution in [0.4, 0.5) is 0 Å². The van der Waals surface area contributed by atoms with Crippen LogP contribution in [0.3, 0.4) is 0 Å². The van der Waals surface area contributed by atoms with Crippen molar-refractivity contribution in [3.63, 3.8) is 0 Å². The summed E-state index contributed by atoms with van der Waals surface area (Å²) in [5, 5.41) is 3.05. The van der Waals surface area contributed by atoms with Crippen LogP contribution in [0.1, 0.15) is 35.8 Å². The molecule has 0 aromatic heterocycles. The molecule has 1 unspecified atom stereocenters. The van der Waals surface area contributed by atoms with Gasteiger partial charge in [0.25, 0.3) is 5.91 Å². The van der Waals surface area contributed by atoms with Crippen molar-refractivity contribution < 1.29 is 19.0 Å². The Bertz CT molecular complexity index is 775. The summed E-state index contributed by atoms with van der Waals surface area (Å²) >= 11 is 0. The molecule has 6 heteroatoms. The highest BCUT2D eigenvalue weighted by Crippen LogP contribution is 2.31. The quantitative estimate of drug-likeness (QED) is 0.677. The largest absolute Gasteiger partial charge is 0.497 e. The zero-order valence-corrected chi connectivity index (χ0v) is 17.3. The van der Waals surface area contributed by atoms with Crippen molar-refractivity contribution >= 4 is 5.91 Å². The van der Waals surface area contributed by atoms with E-state index in [0.29, 0.717) is 23.6 Å². The number of ether oxygens (including phenoxy) is 3. The van der Waals surface area contributed by atoms with Crippen molar-refractivity contribution in [2.45, 2.75) is 19.9 Å². The third-order valence-corrected chi connectivity index (χ3v) is 4.84. The maximum atomic E-state index is 12.9. The molecule has 0 spiro atoms. The summed E-state index contributed by atoms with van der Waals surface area (Å²) in [4.78, 5) is 15.2. The van der Waals surface area contributed by atoms with Gasteiger partial charge in [0, 0.05) is 6.54 Å². The molecule has 0 aliphatic carbocycles. The van der Waals surface area contributed by atoms with Gasteiger partial charge in [0.05, 0.1) is 32.9 Å². The summed E-state index contributed by atoms with van der Waals surface area (Å²) in [5.41, 5.74) is 1.55. The molecule has 0 fully saturated rings. The van der Waals surface area contributed by atoms with Crippen molar-refractivity contribution in [2.75, 3.05) is 41.0 Å². The molecule has 0 aliphatic heterocycles. The molecule has 2 rings (SSSR count). The molecule has 6 nitrogen and oxygen atoms in total. The second kappa shape index (κ2) is 10.6. The molecule has 2 aromatic carbocycles. The highest BCUT2D eigenvalue weighted by Gasteiger charge is 2.22. The van der Waals surface area contributed by atoms with Crippen LogP contribution in [0, 0.1) is 0 Å². The molecule has 0 saturated carbocycles. The van der Waals surface area contributed by atoms with Gasteiger partial charge in [-0.1, -0.05) is 32.0 Å². The van der Waals surface area contributed by atoms with Crippen LogP contribution in [-0.2, 0) is 0 Å². The number of methoxy groups -OCH3 is 3. The first-order chi connectivity index (χ1) is 13.6. The Balaban J connectivity index is 2.25. The van der Waals surface area contributed by atoms with E-state index in [1.807, 2.05) is 18.2 Å². The summed E-state index contributed by atoms with van der Waals surface area (Å²) in [6, 6.07) is 13.3. The van der Waals surface area contributed by atoms with Crippen LogP contribution in [0.2, 0.25) is 0 Å². The van der Waals surface area contributed by atoms with Gasteiger partial charge < -0.3 is 19.5 Å². The SMILES string of the molecule is CCN(CC)C(CNC(=O)c1cccc(OC)c1OC)c1cccc(OC)c1. The van der Waals surface area contributed by atoms with Gasteiger partial charge in [0.1, 0.15) is 5.75 Å². The normalized spacial score (nSPS) is 11.8.